The van der Waals surface area contributed by atoms with Crippen LogP contribution >= 0.6 is 7.14 Å². The molecule has 0 radical (unpaired) electrons. The molecule has 3 nitrogen and oxygen atoms in total. The Balaban J connectivity index is 1.37. The minimum absolute atomic E-state index is 0.833. The van der Waals surface area contributed by atoms with Gasteiger partial charge in [-0.05, 0) is 67.7 Å². The van der Waals surface area contributed by atoms with Gasteiger partial charge < -0.3 is 4.57 Å². The van der Waals surface area contributed by atoms with E-state index in [2.05, 4.69) is 108 Å². The predicted octanol–water partition coefficient (Wildman–Crippen LogP) is 9.77. The molecular formula is C43H27N2OP. The van der Waals surface area contributed by atoms with Crippen LogP contribution in [0.15, 0.2) is 164 Å². The normalized spacial score (nSPS) is 15.4. The quantitative estimate of drug-likeness (QED) is 0.146. The van der Waals surface area contributed by atoms with Gasteiger partial charge in [0.15, 0.2) is 7.14 Å². The maximum atomic E-state index is 15.5. The zero-order valence-electron chi connectivity index (χ0n) is 25.3. The lowest BCUT2D eigenvalue weighted by Gasteiger charge is -2.29. The van der Waals surface area contributed by atoms with Crippen LogP contribution in [0.3, 0.4) is 0 Å². The van der Waals surface area contributed by atoms with Crippen LogP contribution in [-0.4, -0.2) is 9.55 Å². The van der Waals surface area contributed by atoms with Crippen molar-refractivity contribution in [2.24, 2.45) is 0 Å². The molecule has 4 heteroatoms. The van der Waals surface area contributed by atoms with Crippen molar-refractivity contribution in [3.8, 4) is 28.2 Å². The van der Waals surface area contributed by atoms with Crippen LogP contribution in [0.5, 0.6) is 0 Å². The summed E-state index contributed by atoms with van der Waals surface area (Å²) in [6, 6.07) is 56.8. The topological polar surface area (TPSA) is 34.9 Å². The van der Waals surface area contributed by atoms with Crippen LogP contribution in [0.4, 0.5) is 0 Å². The largest absolute Gasteiger partial charge is 0.308 e. The van der Waals surface area contributed by atoms with Crippen molar-refractivity contribution in [2.75, 3.05) is 0 Å². The molecule has 0 N–H and O–H groups in total. The summed E-state index contributed by atoms with van der Waals surface area (Å²) >= 11 is 0. The Bertz CT molecular complexity index is 2720. The smallest absolute Gasteiger partial charge is 0.175 e. The molecule has 9 aromatic rings. The summed E-state index contributed by atoms with van der Waals surface area (Å²) in [5.74, 6) is 0.857. The zero-order valence-corrected chi connectivity index (χ0v) is 26.2. The Kier molecular flexibility index (Phi) is 5.55. The van der Waals surface area contributed by atoms with Crippen LogP contribution in [-0.2, 0) is 4.57 Å². The Morgan fingerprint density at radius 2 is 1.02 bits per heavy atom. The van der Waals surface area contributed by atoms with Gasteiger partial charge in [-0.1, -0.05) is 140 Å². The number of para-hydroxylation sites is 2. The van der Waals surface area contributed by atoms with Crippen molar-refractivity contribution in [2.45, 2.75) is 0 Å². The third kappa shape index (κ3) is 3.58. The van der Waals surface area contributed by atoms with Crippen LogP contribution in [0.25, 0.3) is 71.6 Å². The molecule has 0 fully saturated rings. The fourth-order valence-corrected chi connectivity index (χ4v) is 10.8. The monoisotopic (exact) mass is 618 g/mol. The minimum Gasteiger partial charge on any atom is -0.308 e. The molecular weight excluding hydrogens is 591 g/mol. The Morgan fingerprint density at radius 3 is 1.77 bits per heavy atom. The summed E-state index contributed by atoms with van der Waals surface area (Å²) in [5, 5.41) is 9.59. The van der Waals surface area contributed by atoms with Crippen molar-refractivity contribution in [3.05, 3.63) is 164 Å². The molecule has 1 aliphatic rings. The number of nitrogens with zero attached hydrogens (tertiary/aromatic N) is 2. The molecule has 1 atom stereocenters. The lowest BCUT2D eigenvalue weighted by Crippen LogP contribution is -2.32. The molecule has 0 spiro atoms. The van der Waals surface area contributed by atoms with Crippen molar-refractivity contribution in [3.63, 3.8) is 0 Å². The van der Waals surface area contributed by atoms with Gasteiger partial charge >= 0.3 is 0 Å². The van der Waals surface area contributed by atoms with Crippen molar-refractivity contribution in [1.82, 2.24) is 9.55 Å². The van der Waals surface area contributed by atoms with Gasteiger partial charge in [0.05, 0.1) is 16.7 Å². The molecule has 220 valence electrons. The predicted molar refractivity (Wildman–Crippen MR) is 197 cm³/mol. The Morgan fingerprint density at radius 1 is 0.468 bits per heavy atom. The third-order valence-corrected chi connectivity index (χ3v) is 12.9. The maximum Gasteiger partial charge on any atom is 0.175 e. The van der Waals surface area contributed by atoms with E-state index in [0.717, 1.165) is 54.8 Å². The number of imidazole rings is 1. The SMILES string of the molecule is O=P1(c2ccccc2)c2ccccc2-n2c(-c3c4ccccc4c(-c4cccc5ccccc45)c4ccccc34)nc3cccc1c32. The van der Waals surface area contributed by atoms with E-state index in [1.807, 2.05) is 60.7 Å². The van der Waals surface area contributed by atoms with E-state index in [1.165, 1.54) is 32.7 Å². The highest BCUT2D eigenvalue weighted by Crippen LogP contribution is 2.51. The number of aromatic nitrogens is 2. The highest BCUT2D eigenvalue weighted by molar-refractivity contribution is 7.86. The third-order valence-electron chi connectivity index (χ3n) is 9.79. The second-order valence-electron chi connectivity index (χ2n) is 12.2. The van der Waals surface area contributed by atoms with Crippen LogP contribution in [0.2, 0.25) is 0 Å². The average Bonchev–Trinajstić information content (AvgIpc) is 3.53. The minimum atomic E-state index is -3.17. The summed E-state index contributed by atoms with van der Waals surface area (Å²) in [5.41, 5.74) is 6.19. The van der Waals surface area contributed by atoms with Gasteiger partial charge in [-0.2, -0.15) is 0 Å². The van der Waals surface area contributed by atoms with E-state index in [-0.39, 0.29) is 0 Å². The highest BCUT2D eigenvalue weighted by Gasteiger charge is 2.40. The fourth-order valence-electron chi connectivity index (χ4n) is 7.83. The summed E-state index contributed by atoms with van der Waals surface area (Å²) < 4.78 is 17.8. The van der Waals surface area contributed by atoms with Gasteiger partial charge in [0, 0.05) is 21.5 Å². The first kappa shape index (κ1) is 26.5. The van der Waals surface area contributed by atoms with Gasteiger partial charge in [-0.15, -0.1) is 0 Å². The fraction of sp³-hybridized carbons (Fsp3) is 0. The lowest BCUT2D eigenvalue weighted by molar-refractivity contribution is 0.592. The van der Waals surface area contributed by atoms with Crippen molar-refractivity contribution >= 4 is 66.4 Å². The van der Waals surface area contributed by atoms with Crippen LogP contribution < -0.4 is 15.9 Å². The highest BCUT2D eigenvalue weighted by atomic mass is 31.2. The lowest BCUT2D eigenvalue weighted by atomic mass is 9.86. The Labute approximate surface area is 271 Å². The second kappa shape index (κ2) is 9.87. The number of hydrogen-bond donors (Lipinski definition) is 0. The van der Waals surface area contributed by atoms with E-state index in [1.54, 1.807) is 0 Å². The molecule has 8 aromatic carbocycles. The molecule has 1 unspecified atom stereocenters. The Hall–Kier alpha value is -5.76. The van der Waals surface area contributed by atoms with Gasteiger partial charge in [-0.3, -0.25) is 4.57 Å². The summed E-state index contributed by atoms with van der Waals surface area (Å²) in [4.78, 5) is 5.41. The molecule has 0 aliphatic carbocycles. The molecule has 1 aliphatic heterocycles. The van der Waals surface area contributed by atoms with E-state index >= 15 is 4.57 Å². The molecule has 10 rings (SSSR count). The maximum absolute atomic E-state index is 15.5. The standard InChI is InChI=1S/C43H27N2OP/c46-47(29-16-2-1-3-17-29)38-26-11-10-25-37(38)45-42-36(24-13-27-39(42)47)44-43(45)41-34-21-8-6-19-32(34)40(33-20-7-9-22-35(33)41)31-23-12-15-28-14-4-5-18-30(28)31/h1-27H. The molecule has 0 saturated heterocycles. The molecule has 47 heavy (non-hydrogen) atoms. The molecule has 2 heterocycles. The molecule has 1 aromatic heterocycles. The first-order valence-corrected chi connectivity index (χ1v) is 17.6. The van der Waals surface area contributed by atoms with Gasteiger partial charge in [0.2, 0.25) is 0 Å². The number of fused-ring (bicyclic) bond motifs is 5. The number of rotatable bonds is 3. The van der Waals surface area contributed by atoms with Gasteiger partial charge in [0.25, 0.3) is 0 Å². The van der Waals surface area contributed by atoms with Crippen molar-refractivity contribution in [1.29, 1.82) is 0 Å². The zero-order chi connectivity index (χ0) is 31.1. The average molecular weight is 619 g/mol. The van der Waals surface area contributed by atoms with Gasteiger partial charge in [-0.25, -0.2) is 4.98 Å². The number of benzene rings is 8. The summed E-state index contributed by atoms with van der Waals surface area (Å²) in [6.07, 6.45) is 0. The second-order valence-corrected chi connectivity index (χ2v) is 14.9. The van der Waals surface area contributed by atoms with Gasteiger partial charge in [0.1, 0.15) is 5.82 Å². The van der Waals surface area contributed by atoms with E-state index < -0.39 is 7.14 Å². The molecule has 0 bridgehead atoms. The first-order valence-electron chi connectivity index (χ1n) is 15.9. The molecule has 0 saturated carbocycles. The summed E-state index contributed by atoms with van der Waals surface area (Å²) in [7, 11) is -3.17. The summed E-state index contributed by atoms with van der Waals surface area (Å²) in [6.45, 7) is 0. The number of hydrogen-bond acceptors (Lipinski definition) is 2. The first-order chi connectivity index (χ1) is 23.2. The van der Waals surface area contributed by atoms with E-state index in [4.69, 9.17) is 4.98 Å². The molecule has 0 amide bonds. The van der Waals surface area contributed by atoms with Crippen molar-refractivity contribution < 1.29 is 4.57 Å². The van der Waals surface area contributed by atoms with E-state index in [9.17, 15) is 0 Å². The van der Waals surface area contributed by atoms with Crippen LogP contribution in [0.1, 0.15) is 0 Å². The van der Waals surface area contributed by atoms with E-state index in [0.29, 0.717) is 0 Å². The van der Waals surface area contributed by atoms with Crippen LogP contribution in [0, 0.1) is 0 Å².